The van der Waals surface area contributed by atoms with Crippen LogP contribution in [0.15, 0.2) is 48.7 Å². The van der Waals surface area contributed by atoms with E-state index in [1.165, 1.54) is 0 Å². The summed E-state index contributed by atoms with van der Waals surface area (Å²) >= 11 is 0. The Kier molecular flexibility index (Phi) is 5.91. The van der Waals surface area contributed by atoms with Gasteiger partial charge in [-0.2, -0.15) is 0 Å². The van der Waals surface area contributed by atoms with Gasteiger partial charge in [0.15, 0.2) is 0 Å². The molecule has 0 bridgehead atoms. The van der Waals surface area contributed by atoms with E-state index in [-0.39, 0.29) is 11.8 Å². The molecule has 1 aromatic carbocycles. The van der Waals surface area contributed by atoms with Crippen LogP contribution in [0.4, 0.5) is 5.69 Å². The lowest BCUT2D eigenvalue weighted by atomic mass is 9.89. The first-order valence-corrected chi connectivity index (χ1v) is 8.43. The molecule has 132 valence electrons. The number of nitrogens with one attached hydrogen (secondary N) is 1. The molecule has 0 aliphatic carbocycles. The second-order valence-electron chi connectivity index (χ2n) is 6.52. The molecule has 0 spiro atoms. The minimum absolute atomic E-state index is 0.223. The van der Waals surface area contributed by atoms with Gasteiger partial charge in [0.2, 0.25) is 11.8 Å². The number of hydrogen-bond donors (Lipinski definition) is 1. The standard InChI is InChI=1S/C20H25N3O2/c1-5-23(17-11-8-9-15(2)13-17)19(25)20(3,4)18(24)22-14-16-10-6-7-12-21-16/h6-13H,5,14H2,1-4H3,(H,22,24). The second-order valence-corrected chi connectivity index (χ2v) is 6.52. The monoisotopic (exact) mass is 339 g/mol. The van der Waals surface area contributed by atoms with Crippen LogP contribution in [0.3, 0.4) is 0 Å². The molecule has 0 aliphatic heterocycles. The summed E-state index contributed by atoms with van der Waals surface area (Å²) < 4.78 is 0. The number of anilines is 1. The van der Waals surface area contributed by atoms with Gasteiger partial charge in [-0.3, -0.25) is 14.6 Å². The summed E-state index contributed by atoms with van der Waals surface area (Å²) in [5.74, 6) is -0.534. The van der Waals surface area contributed by atoms with E-state index in [1.54, 1.807) is 24.9 Å². The molecule has 0 saturated carbocycles. The molecule has 1 N–H and O–H groups in total. The molecule has 2 rings (SSSR count). The first-order chi connectivity index (χ1) is 11.9. The summed E-state index contributed by atoms with van der Waals surface area (Å²) in [7, 11) is 0. The van der Waals surface area contributed by atoms with E-state index >= 15 is 0 Å². The van der Waals surface area contributed by atoms with Crippen molar-refractivity contribution >= 4 is 17.5 Å². The normalized spacial score (nSPS) is 11.0. The number of nitrogens with zero attached hydrogens (tertiary/aromatic N) is 2. The molecular weight excluding hydrogens is 314 g/mol. The smallest absolute Gasteiger partial charge is 0.242 e. The van der Waals surface area contributed by atoms with Crippen molar-refractivity contribution in [1.29, 1.82) is 0 Å². The third kappa shape index (κ3) is 4.44. The van der Waals surface area contributed by atoms with Gasteiger partial charge in [0, 0.05) is 18.4 Å². The molecule has 0 unspecified atom stereocenters. The average molecular weight is 339 g/mol. The molecule has 0 aliphatic rings. The maximum Gasteiger partial charge on any atom is 0.242 e. The highest BCUT2D eigenvalue weighted by molar-refractivity contribution is 6.11. The number of aromatic nitrogens is 1. The highest BCUT2D eigenvalue weighted by Gasteiger charge is 2.39. The van der Waals surface area contributed by atoms with Crippen LogP contribution in [0, 0.1) is 12.3 Å². The summed E-state index contributed by atoms with van der Waals surface area (Å²) in [6.45, 7) is 7.99. The van der Waals surface area contributed by atoms with Gasteiger partial charge in [-0.1, -0.05) is 18.2 Å². The van der Waals surface area contributed by atoms with E-state index in [0.29, 0.717) is 13.1 Å². The highest BCUT2D eigenvalue weighted by atomic mass is 16.2. The summed E-state index contributed by atoms with van der Waals surface area (Å²) in [6, 6.07) is 13.2. The molecule has 5 heteroatoms. The predicted molar refractivity (Wildman–Crippen MR) is 99.1 cm³/mol. The Morgan fingerprint density at radius 2 is 1.92 bits per heavy atom. The topological polar surface area (TPSA) is 62.3 Å². The van der Waals surface area contributed by atoms with E-state index in [0.717, 1.165) is 16.9 Å². The van der Waals surface area contributed by atoms with Gasteiger partial charge in [0.1, 0.15) is 5.41 Å². The number of pyridine rings is 1. The third-order valence-corrected chi connectivity index (χ3v) is 4.13. The van der Waals surface area contributed by atoms with Crippen molar-refractivity contribution in [2.45, 2.75) is 34.2 Å². The maximum absolute atomic E-state index is 13.0. The Balaban J connectivity index is 2.12. The van der Waals surface area contributed by atoms with Gasteiger partial charge < -0.3 is 10.2 Å². The van der Waals surface area contributed by atoms with Crippen LogP contribution in [0.2, 0.25) is 0 Å². The van der Waals surface area contributed by atoms with Gasteiger partial charge in [-0.15, -0.1) is 0 Å². The molecule has 0 atom stereocenters. The molecule has 25 heavy (non-hydrogen) atoms. The van der Waals surface area contributed by atoms with Crippen molar-refractivity contribution in [2.75, 3.05) is 11.4 Å². The Labute approximate surface area is 149 Å². The van der Waals surface area contributed by atoms with E-state index in [2.05, 4.69) is 10.3 Å². The molecular formula is C20H25N3O2. The number of rotatable bonds is 6. The number of aryl methyl sites for hydroxylation is 1. The van der Waals surface area contributed by atoms with Crippen LogP contribution >= 0.6 is 0 Å². The Bertz CT molecular complexity index is 742. The zero-order chi connectivity index (χ0) is 18.4. The molecule has 0 saturated heterocycles. The fraction of sp³-hybridized carbons (Fsp3) is 0.350. The zero-order valence-electron chi connectivity index (χ0n) is 15.2. The number of amides is 2. The van der Waals surface area contributed by atoms with Crippen molar-refractivity contribution in [3.05, 3.63) is 59.9 Å². The molecule has 0 fully saturated rings. The van der Waals surface area contributed by atoms with Crippen LogP contribution in [-0.4, -0.2) is 23.3 Å². The van der Waals surface area contributed by atoms with Gasteiger partial charge in [-0.25, -0.2) is 0 Å². The lowest BCUT2D eigenvalue weighted by Gasteiger charge is -2.30. The van der Waals surface area contributed by atoms with E-state index < -0.39 is 5.41 Å². The van der Waals surface area contributed by atoms with Crippen molar-refractivity contribution in [1.82, 2.24) is 10.3 Å². The van der Waals surface area contributed by atoms with Crippen LogP contribution in [-0.2, 0) is 16.1 Å². The lowest BCUT2D eigenvalue weighted by molar-refractivity contribution is -0.139. The first-order valence-electron chi connectivity index (χ1n) is 8.43. The number of hydrogen-bond acceptors (Lipinski definition) is 3. The van der Waals surface area contributed by atoms with Crippen molar-refractivity contribution < 1.29 is 9.59 Å². The molecule has 0 radical (unpaired) electrons. The lowest BCUT2D eigenvalue weighted by Crippen LogP contribution is -2.49. The Morgan fingerprint density at radius 1 is 1.16 bits per heavy atom. The number of carbonyl (C=O) groups is 2. The number of benzene rings is 1. The van der Waals surface area contributed by atoms with Crippen molar-refractivity contribution in [3.63, 3.8) is 0 Å². The highest BCUT2D eigenvalue weighted by Crippen LogP contribution is 2.25. The molecule has 1 heterocycles. The summed E-state index contributed by atoms with van der Waals surface area (Å²) in [5, 5.41) is 2.81. The van der Waals surface area contributed by atoms with Crippen LogP contribution in [0.25, 0.3) is 0 Å². The molecule has 2 aromatic rings. The quantitative estimate of drug-likeness (QED) is 0.823. The summed E-state index contributed by atoms with van der Waals surface area (Å²) in [4.78, 5) is 31.4. The molecule has 2 amide bonds. The minimum atomic E-state index is -1.17. The van der Waals surface area contributed by atoms with Gasteiger partial charge >= 0.3 is 0 Å². The number of carbonyl (C=O) groups excluding carboxylic acids is 2. The van der Waals surface area contributed by atoms with Gasteiger partial charge in [0.25, 0.3) is 0 Å². The minimum Gasteiger partial charge on any atom is -0.350 e. The van der Waals surface area contributed by atoms with Gasteiger partial charge in [0.05, 0.1) is 12.2 Å². The van der Waals surface area contributed by atoms with E-state index in [4.69, 9.17) is 0 Å². The van der Waals surface area contributed by atoms with Crippen molar-refractivity contribution in [3.8, 4) is 0 Å². The van der Waals surface area contributed by atoms with Crippen LogP contribution in [0.5, 0.6) is 0 Å². The summed E-state index contributed by atoms with van der Waals surface area (Å²) in [5.41, 5.74) is 1.46. The second kappa shape index (κ2) is 7.92. The average Bonchev–Trinajstić information content (AvgIpc) is 2.61. The third-order valence-electron chi connectivity index (χ3n) is 4.13. The molecule has 1 aromatic heterocycles. The van der Waals surface area contributed by atoms with Crippen LogP contribution < -0.4 is 10.2 Å². The first kappa shape index (κ1) is 18.6. The largest absolute Gasteiger partial charge is 0.350 e. The SMILES string of the molecule is CCN(C(=O)C(C)(C)C(=O)NCc1ccccn1)c1cccc(C)c1. The Morgan fingerprint density at radius 3 is 2.52 bits per heavy atom. The predicted octanol–water partition coefficient (Wildman–Crippen LogP) is 3.09. The van der Waals surface area contributed by atoms with Crippen LogP contribution in [0.1, 0.15) is 32.0 Å². The Hall–Kier alpha value is -2.69. The maximum atomic E-state index is 13.0. The van der Waals surface area contributed by atoms with E-state index in [1.807, 2.05) is 56.3 Å². The van der Waals surface area contributed by atoms with E-state index in [9.17, 15) is 9.59 Å². The van der Waals surface area contributed by atoms with Gasteiger partial charge in [-0.05, 0) is 57.5 Å². The molecule has 5 nitrogen and oxygen atoms in total. The summed E-state index contributed by atoms with van der Waals surface area (Å²) in [6.07, 6.45) is 1.67. The zero-order valence-corrected chi connectivity index (χ0v) is 15.2. The fourth-order valence-corrected chi connectivity index (χ4v) is 2.57. The fourth-order valence-electron chi connectivity index (χ4n) is 2.57. The van der Waals surface area contributed by atoms with Crippen molar-refractivity contribution in [2.24, 2.45) is 5.41 Å².